The molecule has 1 amide bonds. The molecule has 1 aromatic carbocycles. The quantitative estimate of drug-likeness (QED) is 0.600. The SMILES string of the molecule is CCCN(CCC(=O)O)C(=O)Cc1c(-c2ccc(C)cc2)nc2ccc(Cl)cn12. The average molecular weight is 414 g/mol. The number of benzene rings is 1. The first-order valence-electron chi connectivity index (χ1n) is 9.62. The van der Waals surface area contributed by atoms with Crippen molar-refractivity contribution in [2.24, 2.45) is 0 Å². The van der Waals surface area contributed by atoms with Gasteiger partial charge in [-0.25, -0.2) is 4.98 Å². The summed E-state index contributed by atoms with van der Waals surface area (Å²) in [5.74, 6) is -1.04. The number of pyridine rings is 1. The molecule has 0 aliphatic heterocycles. The van der Waals surface area contributed by atoms with Crippen molar-refractivity contribution >= 4 is 29.1 Å². The number of hydrogen-bond acceptors (Lipinski definition) is 3. The number of rotatable bonds is 8. The van der Waals surface area contributed by atoms with Gasteiger partial charge in [-0.1, -0.05) is 48.4 Å². The number of nitrogens with zero attached hydrogens (tertiary/aromatic N) is 3. The van der Waals surface area contributed by atoms with Crippen LogP contribution in [0.4, 0.5) is 0 Å². The summed E-state index contributed by atoms with van der Waals surface area (Å²) in [6.07, 6.45) is 2.56. The van der Waals surface area contributed by atoms with Gasteiger partial charge in [0, 0.05) is 24.8 Å². The number of amides is 1. The molecule has 6 nitrogen and oxygen atoms in total. The van der Waals surface area contributed by atoms with Gasteiger partial charge in [-0.2, -0.15) is 0 Å². The van der Waals surface area contributed by atoms with E-state index in [1.165, 1.54) is 0 Å². The Morgan fingerprint density at radius 1 is 1.14 bits per heavy atom. The van der Waals surface area contributed by atoms with Crippen LogP contribution in [0.2, 0.25) is 5.02 Å². The van der Waals surface area contributed by atoms with Gasteiger partial charge < -0.3 is 14.4 Å². The first-order valence-corrected chi connectivity index (χ1v) is 10.00. The Kier molecular flexibility index (Phi) is 6.54. The van der Waals surface area contributed by atoms with Gasteiger partial charge in [0.2, 0.25) is 5.91 Å². The van der Waals surface area contributed by atoms with Gasteiger partial charge in [0.05, 0.1) is 29.3 Å². The monoisotopic (exact) mass is 413 g/mol. The summed E-state index contributed by atoms with van der Waals surface area (Å²) in [5, 5.41) is 9.54. The van der Waals surface area contributed by atoms with E-state index >= 15 is 0 Å². The number of fused-ring (bicyclic) bond motifs is 1. The van der Waals surface area contributed by atoms with Crippen LogP contribution in [0.15, 0.2) is 42.6 Å². The molecule has 0 aliphatic carbocycles. The summed E-state index contributed by atoms with van der Waals surface area (Å²) in [6, 6.07) is 11.6. The number of aliphatic carboxylic acids is 1. The Morgan fingerprint density at radius 2 is 1.86 bits per heavy atom. The van der Waals surface area contributed by atoms with Crippen molar-refractivity contribution in [3.8, 4) is 11.3 Å². The molecule has 0 fully saturated rings. The highest BCUT2D eigenvalue weighted by Crippen LogP contribution is 2.27. The number of aromatic nitrogens is 2. The molecule has 152 valence electrons. The third-order valence-electron chi connectivity index (χ3n) is 4.77. The maximum Gasteiger partial charge on any atom is 0.305 e. The van der Waals surface area contributed by atoms with E-state index in [0.717, 1.165) is 28.9 Å². The van der Waals surface area contributed by atoms with Crippen LogP contribution in [0.3, 0.4) is 0 Å². The van der Waals surface area contributed by atoms with E-state index in [4.69, 9.17) is 21.7 Å². The highest BCUT2D eigenvalue weighted by molar-refractivity contribution is 6.30. The molecule has 0 radical (unpaired) electrons. The minimum absolute atomic E-state index is 0.0739. The molecular formula is C22H24ClN3O3. The number of carboxylic acid groups (broad SMARTS) is 1. The number of imidazole rings is 1. The molecule has 0 bridgehead atoms. The molecule has 2 aromatic heterocycles. The smallest absolute Gasteiger partial charge is 0.305 e. The van der Waals surface area contributed by atoms with Gasteiger partial charge in [0.25, 0.3) is 0 Å². The number of halogens is 1. The fourth-order valence-electron chi connectivity index (χ4n) is 3.30. The zero-order valence-corrected chi connectivity index (χ0v) is 17.3. The van der Waals surface area contributed by atoms with Crippen molar-refractivity contribution in [2.75, 3.05) is 13.1 Å². The predicted molar refractivity (Wildman–Crippen MR) is 113 cm³/mol. The normalized spacial score (nSPS) is 11.0. The lowest BCUT2D eigenvalue weighted by molar-refractivity contribution is -0.138. The molecule has 0 spiro atoms. The molecule has 0 atom stereocenters. The van der Waals surface area contributed by atoms with E-state index in [1.54, 1.807) is 17.2 Å². The topological polar surface area (TPSA) is 74.9 Å². The zero-order valence-electron chi connectivity index (χ0n) is 16.6. The molecule has 3 rings (SSSR count). The minimum Gasteiger partial charge on any atom is -0.481 e. The van der Waals surface area contributed by atoms with Gasteiger partial charge in [-0.05, 0) is 25.5 Å². The summed E-state index contributed by atoms with van der Waals surface area (Å²) in [5.41, 5.74) is 4.25. The Hall–Kier alpha value is -2.86. The van der Waals surface area contributed by atoms with E-state index in [2.05, 4.69) is 0 Å². The number of carbonyl (C=O) groups excluding carboxylic acids is 1. The third kappa shape index (κ3) is 4.95. The van der Waals surface area contributed by atoms with Crippen LogP contribution in [0.5, 0.6) is 0 Å². The molecule has 0 unspecified atom stereocenters. The highest BCUT2D eigenvalue weighted by Gasteiger charge is 2.21. The van der Waals surface area contributed by atoms with Crippen LogP contribution in [0.25, 0.3) is 16.9 Å². The molecular weight excluding hydrogens is 390 g/mol. The van der Waals surface area contributed by atoms with Crippen molar-refractivity contribution < 1.29 is 14.7 Å². The summed E-state index contributed by atoms with van der Waals surface area (Å²) in [7, 11) is 0. The summed E-state index contributed by atoms with van der Waals surface area (Å²) >= 11 is 6.19. The largest absolute Gasteiger partial charge is 0.481 e. The minimum atomic E-state index is -0.916. The Balaban J connectivity index is 2.00. The number of hydrogen-bond donors (Lipinski definition) is 1. The second-order valence-electron chi connectivity index (χ2n) is 7.05. The third-order valence-corrected chi connectivity index (χ3v) is 4.99. The van der Waals surface area contributed by atoms with Crippen molar-refractivity contribution in [2.45, 2.75) is 33.1 Å². The first-order chi connectivity index (χ1) is 13.9. The van der Waals surface area contributed by atoms with Crippen molar-refractivity contribution in [1.82, 2.24) is 14.3 Å². The van der Waals surface area contributed by atoms with E-state index in [0.29, 0.717) is 17.2 Å². The van der Waals surface area contributed by atoms with E-state index < -0.39 is 5.97 Å². The van der Waals surface area contributed by atoms with Gasteiger partial charge in [-0.3, -0.25) is 9.59 Å². The lowest BCUT2D eigenvalue weighted by atomic mass is 10.1. The molecule has 0 saturated carbocycles. The second kappa shape index (κ2) is 9.09. The van der Waals surface area contributed by atoms with Gasteiger partial charge >= 0.3 is 5.97 Å². The standard InChI is InChI=1S/C22H24ClN3O3/c1-3-11-25(12-10-21(28)29)20(27)13-18-22(16-6-4-15(2)5-7-16)24-19-9-8-17(23)14-26(18)19/h4-9,14H,3,10-13H2,1-2H3,(H,28,29). The Morgan fingerprint density at radius 3 is 2.52 bits per heavy atom. The van der Waals surface area contributed by atoms with Crippen molar-refractivity contribution in [3.63, 3.8) is 0 Å². The van der Waals surface area contributed by atoms with Crippen LogP contribution in [0, 0.1) is 6.92 Å². The Labute approximate surface area is 174 Å². The van der Waals surface area contributed by atoms with Crippen molar-refractivity contribution in [3.05, 3.63) is 58.9 Å². The molecule has 29 heavy (non-hydrogen) atoms. The van der Waals surface area contributed by atoms with Crippen LogP contribution in [-0.4, -0.2) is 44.4 Å². The highest BCUT2D eigenvalue weighted by atomic mass is 35.5. The molecule has 2 heterocycles. The number of carboxylic acids is 1. The molecule has 7 heteroatoms. The average Bonchev–Trinajstić information content (AvgIpc) is 3.03. The maximum absolute atomic E-state index is 13.0. The Bertz CT molecular complexity index is 1030. The fraction of sp³-hybridized carbons (Fsp3) is 0.318. The van der Waals surface area contributed by atoms with E-state index in [9.17, 15) is 9.59 Å². The number of aryl methyl sites for hydroxylation is 1. The summed E-state index contributed by atoms with van der Waals surface area (Å²) in [4.78, 5) is 30.3. The molecule has 3 aromatic rings. The lowest BCUT2D eigenvalue weighted by Crippen LogP contribution is -2.35. The van der Waals surface area contributed by atoms with Gasteiger partial charge in [0.15, 0.2) is 0 Å². The second-order valence-corrected chi connectivity index (χ2v) is 7.49. The molecule has 0 aliphatic rings. The summed E-state index contributed by atoms with van der Waals surface area (Å²) in [6.45, 7) is 4.69. The first kappa shape index (κ1) is 20.9. The zero-order chi connectivity index (χ0) is 21.0. The van der Waals surface area contributed by atoms with Gasteiger partial charge in [-0.15, -0.1) is 0 Å². The van der Waals surface area contributed by atoms with Crippen molar-refractivity contribution in [1.29, 1.82) is 0 Å². The van der Waals surface area contributed by atoms with E-state index in [-0.39, 0.29) is 25.3 Å². The lowest BCUT2D eigenvalue weighted by Gasteiger charge is -2.21. The van der Waals surface area contributed by atoms with E-state index in [1.807, 2.05) is 48.6 Å². The molecule has 1 N–H and O–H groups in total. The van der Waals surface area contributed by atoms with Crippen LogP contribution in [-0.2, 0) is 16.0 Å². The number of carbonyl (C=O) groups is 2. The predicted octanol–water partition coefficient (Wildman–Crippen LogP) is 4.22. The summed E-state index contributed by atoms with van der Waals surface area (Å²) < 4.78 is 1.84. The fourth-order valence-corrected chi connectivity index (χ4v) is 3.46. The maximum atomic E-state index is 13.0. The van der Waals surface area contributed by atoms with Crippen LogP contribution in [0.1, 0.15) is 31.0 Å². The van der Waals surface area contributed by atoms with Crippen LogP contribution < -0.4 is 0 Å². The van der Waals surface area contributed by atoms with Gasteiger partial charge in [0.1, 0.15) is 5.65 Å². The van der Waals surface area contributed by atoms with Crippen LogP contribution >= 0.6 is 11.6 Å². The molecule has 0 saturated heterocycles.